The van der Waals surface area contributed by atoms with Gasteiger partial charge < -0.3 is 15.0 Å². The normalized spacial score (nSPS) is 20.1. The van der Waals surface area contributed by atoms with Gasteiger partial charge in [-0.3, -0.25) is 0 Å². The summed E-state index contributed by atoms with van der Waals surface area (Å²) in [5.41, 5.74) is 2.55. The van der Waals surface area contributed by atoms with E-state index in [1.54, 1.807) is 0 Å². The van der Waals surface area contributed by atoms with Gasteiger partial charge in [0, 0.05) is 31.4 Å². The molecule has 1 unspecified atom stereocenters. The first-order valence-corrected chi connectivity index (χ1v) is 6.26. The van der Waals surface area contributed by atoms with Crippen molar-refractivity contribution in [2.75, 3.05) is 19.8 Å². The van der Waals surface area contributed by atoms with Crippen LogP contribution in [0.4, 0.5) is 0 Å². The summed E-state index contributed by atoms with van der Waals surface area (Å²) in [6.45, 7) is 3.86. The monoisotopic (exact) mass is 230 g/mol. The van der Waals surface area contributed by atoms with Crippen LogP contribution in [0.1, 0.15) is 12.0 Å². The van der Waals surface area contributed by atoms with E-state index >= 15 is 0 Å². The molecular weight excluding hydrogens is 212 g/mol. The molecule has 1 atom stereocenters. The van der Waals surface area contributed by atoms with Crippen LogP contribution >= 0.6 is 0 Å². The molecule has 17 heavy (non-hydrogen) atoms. The fourth-order valence-corrected chi connectivity index (χ4v) is 2.38. The third-order valence-electron chi connectivity index (χ3n) is 3.40. The minimum absolute atomic E-state index is 0.700. The largest absolute Gasteiger partial charge is 0.381 e. The van der Waals surface area contributed by atoms with Crippen LogP contribution in [0, 0.1) is 5.92 Å². The maximum atomic E-state index is 5.36. The van der Waals surface area contributed by atoms with E-state index in [9.17, 15) is 0 Å². The van der Waals surface area contributed by atoms with Gasteiger partial charge in [-0.15, -0.1) is 0 Å². The number of hydrogen-bond donors (Lipinski definition) is 2. The Kier molecular flexibility index (Phi) is 3.12. The van der Waals surface area contributed by atoms with E-state index < -0.39 is 0 Å². The van der Waals surface area contributed by atoms with E-state index in [4.69, 9.17) is 4.74 Å². The van der Waals surface area contributed by atoms with Gasteiger partial charge in [0.25, 0.3) is 0 Å². The highest BCUT2D eigenvalue weighted by molar-refractivity contribution is 5.79. The number of aromatic amines is 1. The fraction of sp³-hybridized carbons (Fsp3) is 0.429. The second-order valence-electron chi connectivity index (χ2n) is 4.76. The molecule has 1 aliphatic heterocycles. The highest BCUT2D eigenvalue weighted by Gasteiger charge is 2.14. The van der Waals surface area contributed by atoms with E-state index in [0.717, 1.165) is 26.3 Å². The Balaban J connectivity index is 1.56. The summed E-state index contributed by atoms with van der Waals surface area (Å²) in [5.74, 6) is 0.700. The summed E-state index contributed by atoms with van der Waals surface area (Å²) in [5, 5.41) is 4.80. The lowest BCUT2D eigenvalue weighted by molar-refractivity contribution is 0.185. The smallest absolute Gasteiger partial charge is 0.0507 e. The van der Waals surface area contributed by atoms with E-state index in [0.29, 0.717) is 5.92 Å². The summed E-state index contributed by atoms with van der Waals surface area (Å²) in [4.78, 5) is 3.21. The lowest BCUT2D eigenvalue weighted by Gasteiger charge is -2.09. The van der Waals surface area contributed by atoms with Gasteiger partial charge in [0.05, 0.1) is 6.61 Å². The van der Waals surface area contributed by atoms with Crippen molar-refractivity contribution >= 4 is 10.9 Å². The average Bonchev–Trinajstić information content (AvgIpc) is 2.98. The number of ether oxygens (including phenoxy) is 1. The second kappa shape index (κ2) is 4.90. The number of fused-ring (bicyclic) bond motifs is 1. The van der Waals surface area contributed by atoms with Crippen LogP contribution in [-0.4, -0.2) is 24.7 Å². The maximum absolute atomic E-state index is 5.36. The van der Waals surface area contributed by atoms with Crippen molar-refractivity contribution in [1.82, 2.24) is 10.3 Å². The lowest BCUT2D eigenvalue weighted by Crippen LogP contribution is -2.22. The van der Waals surface area contributed by atoms with Gasteiger partial charge in [-0.25, -0.2) is 0 Å². The summed E-state index contributed by atoms with van der Waals surface area (Å²) < 4.78 is 5.36. The predicted octanol–water partition coefficient (Wildman–Crippen LogP) is 2.29. The summed E-state index contributed by atoms with van der Waals surface area (Å²) in [6, 6.07) is 8.68. The third-order valence-corrected chi connectivity index (χ3v) is 3.40. The van der Waals surface area contributed by atoms with Crippen molar-refractivity contribution in [3.8, 4) is 0 Å². The van der Waals surface area contributed by atoms with Gasteiger partial charge in [-0.1, -0.05) is 6.07 Å². The van der Waals surface area contributed by atoms with Gasteiger partial charge in [0.15, 0.2) is 0 Å². The number of benzene rings is 1. The molecule has 2 N–H and O–H groups in total. The molecule has 3 nitrogen and oxygen atoms in total. The molecule has 0 aliphatic carbocycles. The molecule has 3 rings (SSSR count). The zero-order valence-electron chi connectivity index (χ0n) is 9.91. The van der Waals surface area contributed by atoms with Gasteiger partial charge in [-0.05, 0) is 41.5 Å². The molecule has 0 radical (unpaired) electrons. The maximum Gasteiger partial charge on any atom is 0.0507 e. The Morgan fingerprint density at radius 2 is 2.35 bits per heavy atom. The Hall–Kier alpha value is -1.32. The van der Waals surface area contributed by atoms with Crippen LogP contribution in [0.2, 0.25) is 0 Å². The average molecular weight is 230 g/mol. The molecule has 2 heterocycles. The van der Waals surface area contributed by atoms with Crippen molar-refractivity contribution in [3.63, 3.8) is 0 Å². The first kappa shape index (κ1) is 10.8. The Morgan fingerprint density at radius 1 is 1.35 bits per heavy atom. The van der Waals surface area contributed by atoms with Gasteiger partial charge in [-0.2, -0.15) is 0 Å². The predicted molar refractivity (Wildman–Crippen MR) is 68.9 cm³/mol. The third kappa shape index (κ3) is 2.51. The van der Waals surface area contributed by atoms with Crippen molar-refractivity contribution in [2.24, 2.45) is 5.92 Å². The van der Waals surface area contributed by atoms with Crippen LogP contribution < -0.4 is 5.32 Å². The molecule has 0 bridgehead atoms. The minimum Gasteiger partial charge on any atom is -0.381 e. The van der Waals surface area contributed by atoms with E-state index in [2.05, 4.69) is 34.6 Å². The molecule has 90 valence electrons. The zero-order chi connectivity index (χ0) is 11.5. The molecule has 1 aromatic carbocycles. The van der Waals surface area contributed by atoms with Crippen LogP contribution in [0.5, 0.6) is 0 Å². The van der Waals surface area contributed by atoms with Crippen molar-refractivity contribution in [3.05, 3.63) is 36.0 Å². The van der Waals surface area contributed by atoms with E-state index in [1.165, 1.54) is 22.9 Å². The highest BCUT2D eigenvalue weighted by Crippen LogP contribution is 2.15. The van der Waals surface area contributed by atoms with Gasteiger partial charge >= 0.3 is 0 Å². The Morgan fingerprint density at radius 3 is 3.24 bits per heavy atom. The number of rotatable bonds is 4. The number of aromatic nitrogens is 1. The molecular formula is C14H18N2O. The van der Waals surface area contributed by atoms with Crippen LogP contribution in [0.15, 0.2) is 30.5 Å². The summed E-state index contributed by atoms with van der Waals surface area (Å²) in [7, 11) is 0. The van der Waals surface area contributed by atoms with E-state index in [-0.39, 0.29) is 0 Å². The highest BCUT2D eigenvalue weighted by atomic mass is 16.5. The number of hydrogen-bond acceptors (Lipinski definition) is 2. The summed E-state index contributed by atoms with van der Waals surface area (Å²) >= 11 is 0. The first-order chi connectivity index (χ1) is 8.42. The number of H-pyrrole nitrogens is 1. The van der Waals surface area contributed by atoms with Crippen molar-refractivity contribution in [2.45, 2.75) is 13.0 Å². The Bertz CT molecular complexity index is 486. The second-order valence-corrected chi connectivity index (χ2v) is 4.76. The van der Waals surface area contributed by atoms with Crippen LogP contribution in [0.3, 0.4) is 0 Å². The molecule has 3 heteroatoms. The lowest BCUT2D eigenvalue weighted by atomic mass is 10.1. The Labute approximate surface area is 101 Å². The molecule has 1 aliphatic rings. The quantitative estimate of drug-likeness (QED) is 0.845. The first-order valence-electron chi connectivity index (χ1n) is 6.26. The molecule has 2 aromatic rings. The fourth-order valence-electron chi connectivity index (χ4n) is 2.38. The minimum atomic E-state index is 0.700. The van der Waals surface area contributed by atoms with Crippen molar-refractivity contribution < 1.29 is 4.74 Å². The van der Waals surface area contributed by atoms with Gasteiger partial charge in [0.1, 0.15) is 0 Å². The molecule has 0 amide bonds. The zero-order valence-corrected chi connectivity index (χ0v) is 9.91. The molecule has 1 aromatic heterocycles. The molecule has 0 saturated carbocycles. The van der Waals surface area contributed by atoms with Crippen molar-refractivity contribution in [1.29, 1.82) is 0 Å². The standard InChI is InChI=1S/C14H18N2O/c1-2-14-13(3-5-16-14)7-11(1)8-15-9-12-4-6-17-10-12/h1-3,5,7,12,15-16H,4,6,8-10H2. The van der Waals surface area contributed by atoms with Crippen LogP contribution in [-0.2, 0) is 11.3 Å². The number of nitrogens with one attached hydrogen (secondary N) is 2. The van der Waals surface area contributed by atoms with E-state index in [1.807, 2.05) is 6.20 Å². The summed E-state index contributed by atoms with van der Waals surface area (Å²) in [6.07, 6.45) is 3.18. The van der Waals surface area contributed by atoms with Gasteiger partial charge in [0.2, 0.25) is 0 Å². The topological polar surface area (TPSA) is 37.0 Å². The molecule has 1 saturated heterocycles. The SMILES string of the molecule is c1cc2cc(CNCC3CCOC3)ccc2[nH]1. The van der Waals surface area contributed by atoms with Crippen LogP contribution in [0.25, 0.3) is 10.9 Å². The molecule has 1 fully saturated rings. The molecule has 0 spiro atoms.